The van der Waals surface area contributed by atoms with Gasteiger partial charge in [0.2, 0.25) is 5.91 Å². The minimum atomic E-state index is -0.756. The van der Waals surface area contributed by atoms with Crippen LogP contribution in [0.15, 0.2) is 54.6 Å². The van der Waals surface area contributed by atoms with Crippen LogP contribution in [0.5, 0.6) is 5.75 Å². The van der Waals surface area contributed by atoms with Crippen LogP contribution in [0, 0.1) is 0 Å². The number of amides is 1. The van der Waals surface area contributed by atoms with Gasteiger partial charge in [-0.1, -0.05) is 42.5 Å². The Hall–Kier alpha value is -2.37. The van der Waals surface area contributed by atoms with E-state index in [0.717, 1.165) is 24.1 Å². The second kappa shape index (κ2) is 10.5. The van der Waals surface area contributed by atoms with Crippen LogP contribution in [0.1, 0.15) is 30.1 Å². The van der Waals surface area contributed by atoms with Gasteiger partial charge in [0.25, 0.3) is 0 Å². The molecule has 0 aliphatic carbocycles. The normalized spacial score (nSPS) is 11.8. The van der Waals surface area contributed by atoms with Gasteiger partial charge in [-0.2, -0.15) is 0 Å². The van der Waals surface area contributed by atoms with E-state index < -0.39 is 6.10 Å². The topological polar surface area (TPSA) is 70.6 Å². The molecule has 1 amide bonds. The molecule has 25 heavy (non-hydrogen) atoms. The summed E-state index contributed by atoms with van der Waals surface area (Å²) in [6, 6.07) is 17.2. The van der Waals surface area contributed by atoms with Gasteiger partial charge < -0.3 is 20.5 Å². The van der Waals surface area contributed by atoms with Crippen LogP contribution < -0.4 is 15.4 Å². The molecular formula is C20H26N2O3. The van der Waals surface area contributed by atoms with Gasteiger partial charge in [0.15, 0.2) is 0 Å². The molecule has 1 atom stereocenters. The van der Waals surface area contributed by atoms with Crippen molar-refractivity contribution in [3.63, 3.8) is 0 Å². The summed E-state index contributed by atoms with van der Waals surface area (Å²) in [6.07, 6.45) is 0.475. The monoisotopic (exact) mass is 342 g/mol. The molecule has 0 saturated carbocycles. The van der Waals surface area contributed by atoms with Crippen LogP contribution >= 0.6 is 0 Å². The van der Waals surface area contributed by atoms with Gasteiger partial charge in [-0.15, -0.1) is 0 Å². The zero-order valence-electron chi connectivity index (χ0n) is 14.6. The van der Waals surface area contributed by atoms with Gasteiger partial charge in [0.05, 0.1) is 6.10 Å². The van der Waals surface area contributed by atoms with Crippen molar-refractivity contribution in [2.24, 2.45) is 0 Å². The number of ether oxygens (including phenoxy) is 1. The largest absolute Gasteiger partial charge is 0.489 e. The molecule has 0 aliphatic heterocycles. The highest BCUT2D eigenvalue weighted by Gasteiger charge is 2.10. The second-order valence-electron chi connectivity index (χ2n) is 5.87. The quantitative estimate of drug-likeness (QED) is 0.580. The summed E-state index contributed by atoms with van der Waals surface area (Å²) in [7, 11) is 1.86. The van der Waals surface area contributed by atoms with Gasteiger partial charge in [0.1, 0.15) is 12.4 Å². The van der Waals surface area contributed by atoms with Gasteiger partial charge >= 0.3 is 0 Å². The average Bonchev–Trinajstić information content (AvgIpc) is 2.66. The van der Waals surface area contributed by atoms with Gasteiger partial charge in [-0.05, 0) is 43.3 Å². The van der Waals surface area contributed by atoms with E-state index in [9.17, 15) is 9.90 Å². The first-order chi connectivity index (χ1) is 12.2. The predicted octanol–water partition coefficient (Wildman–Crippen LogP) is 2.41. The van der Waals surface area contributed by atoms with Crippen LogP contribution in [0.2, 0.25) is 0 Å². The third-order valence-electron chi connectivity index (χ3n) is 3.81. The molecule has 0 saturated heterocycles. The van der Waals surface area contributed by atoms with Crippen molar-refractivity contribution in [1.29, 1.82) is 0 Å². The molecule has 134 valence electrons. The minimum absolute atomic E-state index is 0.0502. The SMILES string of the molecule is CNCCCC(=O)NCC(O)c1cccc(OCc2ccccc2)c1. The fourth-order valence-electron chi connectivity index (χ4n) is 2.39. The standard InChI is InChI=1S/C20H26N2O3/c1-21-12-6-11-20(24)22-14-19(23)17-9-5-10-18(13-17)25-15-16-7-3-2-4-8-16/h2-5,7-10,13,19,21,23H,6,11-12,14-15H2,1H3,(H,22,24). The van der Waals surface area contributed by atoms with E-state index >= 15 is 0 Å². The molecule has 0 aromatic heterocycles. The number of hydrogen-bond acceptors (Lipinski definition) is 4. The van der Waals surface area contributed by atoms with Crippen LogP contribution in [0.4, 0.5) is 0 Å². The first-order valence-corrected chi connectivity index (χ1v) is 8.55. The van der Waals surface area contributed by atoms with Crippen molar-refractivity contribution >= 4 is 5.91 Å². The first kappa shape index (κ1) is 19.0. The lowest BCUT2D eigenvalue weighted by atomic mass is 10.1. The number of benzene rings is 2. The summed E-state index contributed by atoms with van der Waals surface area (Å²) in [6.45, 7) is 1.47. The number of carbonyl (C=O) groups is 1. The minimum Gasteiger partial charge on any atom is -0.489 e. The molecule has 2 rings (SSSR count). The molecule has 2 aromatic rings. The highest BCUT2D eigenvalue weighted by atomic mass is 16.5. The van der Waals surface area contributed by atoms with Gasteiger partial charge in [-0.3, -0.25) is 4.79 Å². The van der Waals surface area contributed by atoms with E-state index in [-0.39, 0.29) is 12.5 Å². The number of carbonyl (C=O) groups excluding carboxylic acids is 1. The third kappa shape index (κ3) is 6.95. The molecule has 5 heteroatoms. The smallest absolute Gasteiger partial charge is 0.220 e. The molecule has 0 heterocycles. The van der Waals surface area contributed by atoms with E-state index in [1.165, 1.54) is 0 Å². The maximum absolute atomic E-state index is 11.7. The van der Waals surface area contributed by atoms with E-state index in [1.54, 1.807) is 6.07 Å². The first-order valence-electron chi connectivity index (χ1n) is 8.55. The fourth-order valence-corrected chi connectivity index (χ4v) is 2.39. The predicted molar refractivity (Wildman–Crippen MR) is 98.3 cm³/mol. The number of aliphatic hydroxyl groups is 1. The lowest BCUT2D eigenvalue weighted by Crippen LogP contribution is -2.28. The summed E-state index contributed by atoms with van der Waals surface area (Å²) in [4.78, 5) is 11.7. The van der Waals surface area contributed by atoms with Crippen LogP contribution in [0.25, 0.3) is 0 Å². The lowest BCUT2D eigenvalue weighted by Gasteiger charge is -2.14. The molecule has 0 fully saturated rings. The molecule has 0 bridgehead atoms. The summed E-state index contributed by atoms with van der Waals surface area (Å²) >= 11 is 0. The number of nitrogens with one attached hydrogen (secondary N) is 2. The van der Waals surface area contributed by atoms with Crippen LogP contribution in [-0.4, -0.2) is 31.2 Å². The Morgan fingerprint density at radius 2 is 1.96 bits per heavy atom. The average molecular weight is 342 g/mol. The molecule has 2 aromatic carbocycles. The van der Waals surface area contributed by atoms with Crippen molar-refractivity contribution in [3.05, 3.63) is 65.7 Å². The Balaban J connectivity index is 1.82. The number of aliphatic hydroxyl groups excluding tert-OH is 1. The Bertz CT molecular complexity index is 646. The summed E-state index contributed by atoms with van der Waals surface area (Å²) in [5.41, 5.74) is 1.81. The van der Waals surface area contributed by atoms with Crippen molar-refractivity contribution in [3.8, 4) is 5.75 Å². The highest BCUT2D eigenvalue weighted by Crippen LogP contribution is 2.20. The van der Waals surface area contributed by atoms with E-state index in [2.05, 4.69) is 10.6 Å². The van der Waals surface area contributed by atoms with E-state index in [4.69, 9.17) is 4.74 Å². The Labute approximate surface area is 149 Å². The number of hydrogen-bond donors (Lipinski definition) is 3. The Morgan fingerprint density at radius 3 is 2.72 bits per heavy atom. The fraction of sp³-hybridized carbons (Fsp3) is 0.350. The van der Waals surface area contributed by atoms with Crippen LogP contribution in [-0.2, 0) is 11.4 Å². The maximum atomic E-state index is 11.7. The van der Waals surface area contributed by atoms with Gasteiger partial charge in [0, 0.05) is 13.0 Å². The Kier molecular flexibility index (Phi) is 7.95. The Morgan fingerprint density at radius 1 is 1.16 bits per heavy atom. The van der Waals surface area contributed by atoms with Crippen LogP contribution in [0.3, 0.4) is 0 Å². The van der Waals surface area contributed by atoms with Crippen molar-refractivity contribution in [1.82, 2.24) is 10.6 Å². The van der Waals surface area contributed by atoms with Gasteiger partial charge in [-0.25, -0.2) is 0 Å². The molecule has 5 nitrogen and oxygen atoms in total. The summed E-state index contributed by atoms with van der Waals surface area (Å²) < 4.78 is 5.77. The molecule has 3 N–H and O–H groups in total. The van der Waals surface area contributed by atoms with E-state index in [0.29, 0.717) is 18.8 Å². The zero-order chi connectivity index (χ0) is 17.9. The lowest BCUT2D eigenvalue weighted by molar-refractivity contribution is -0.121. The van der Waals surface area contributed by atoms with Crippen molar-refractivity contribution in [2.75, 3.05) is 20.1 Å². The summed E-state index contributed by atoms with van der Waals surface area (Å²) in [5, 5.41) is 16.0. The zero-order valence-corrected chi connectivity index (χ0v) is 14.6. The third-order valence-corrected chi connectivity index (χ3v) is 3.81. The van der Waals surface area contributed by atoms with E-state index in [1.807, 2.05) is 55.6 Å². The second-order valence-corrected chi connectivity index (χ2v) is 5.87. The molecule has 0 aliphatic rings. The summed E-state index contributed by atoms with van der Waals surface area (Å²) in [5.74, 6) is 0.645. The molecular weight excluding hydrogens is 316 g/mol. The molecule has 0 spiro atoms. The van der Waals surface area contributed by atoms with Crippen molar-refractivity contribution < 1.29 is 14.6 Å². The maximum Gasteiger partial charge on any atom is 0.220 e. The molecule has 0 radical (unpaired) electrons. The highest BCUT2D eigenvalue weighted by molar-refractivity contribution is 5.75. The number of rotatable bonds is 10. The van der Waals surface area contributed by atoms with Crippen molar-refractivity contribution in [2.45, 2.75) is 25.6 Å². The molecule has 1 unspecified atom stereocenters.